The molecule has 0 spiro atoms. The van der Waals surface area contributed by atoms with Crippen LogP contribution in [0.5, 0.6) is 0 Å². The van der Waals surface area contributed by atoms with E-state index in [1.54, 1.807) is 0 Å². The van der Waals surface area contributed by atoms with Gasteiger partial charge in [0.2, 0.25) is 11.7 Å². The standard InChI is InChI=1S/C16H29N3O2/c1-5-20-14(13-9-7-6-8-10-13)15-18-16(21-19-15)11(2)12(3)17-4/h11-14,17H,5-10H2,1-4H3. The van der Waals surface area contributed by atoms with E-state index in [0.717, 1.165) is 5.82 Å². The van der Waals surface area contributed by atoms with Crippen LogP contribution in [0, 0.1) is 5.92 Å². The first kappa shape index (κ1) is 16.4. The van der Waals surface area contributed by atoms with Gasteiger partial charge in [-0.3, -0.25) is 0 Å². The molecular formula is C16H29N3O2. The molecule has 1 saturated carbocycles. The number of aromatic nitrogens is 2. The normalized spacial score (nSPS) is 21.1. The minimum atomic E-state index is -0.00936. The van der Waals surface area contributed by atoms with Crippen molar-refractivity contribution in [2.45, 2.75) is 70.9 Å². The van der Waals surface area contributed by atoms with E-state index in [0.29, 0.717) is 24.5 Å². The first-order valence-electron chi connectivity index (χ1n) is 8.29. The molecule has 21 heavy (non-hydrogen) atoms. The highest BCUT2D eigenvalue weighted by molar-refractivity contribution is 5.00. The Kier molecular flexibility index (Phi) is 6.18. The molecular weight excluding hydrogens is 266 g/mol. The Morgan fingerprint density at radius 2 is 2.00 bits per heavy atom. The molecule has 3 atom stereocenters. The minimum Gasteiger partial charge on any atom is -0.370 e. The van der Waals surface area contributed by atoms with E-state index >= 15 is 0 Å². The van der Waals surface area contributed by atoms with Crippen molar-refractivity contribution in [2.24, 2.45) is 5.92 Å². The topological polar surface area (TPSA) is 60.2 Å². The Morgan fingerprint density at radius 1 is 1.29 bits per heavy atom. The summed E-state index contributed by atoms with van der Waals surface area (Å²) in [6.07, 6.45) is 6.31. The van der Waals surface area contributed by atoms with Gasteiger partial charge in [-0.1, -0.05) is 31.3 Å². The van der Waals surface area contributed by atoms with Crippen LogP contribution in [0.2, 0.25) is 0 Å². The van der Waals surface area contributed by atoms with Crippen LogP contribution in [0.4, 0.5) is 0 Å². The molecule has 120 valence electrons. The Balaban J connectivity index is 2.11. The Labute approximate surface area is 127 Å². The van der Waals surface area contributed by atoms with E-state index in [2.05, 4.69) is 29.3 Å². The van der Waals surface area contributed by atoms with Crippen LogP contribution >= 0.6 is 0 Å². The van der Waals surface area contributed by atoms with Crippen LogP contribution in [0.1, 0.15) is 76.6 Å². The lowest BCUT2D eigenvalue weighted by atomic mass is 9.85. The second-order valence-electron chi connectivity index (χ2n) is 6.13. The number of hydrogen-bond acceptors (Lipinski definition) is 5. The molecule has 1 aromatic rings. The van der Waals surface area contributed by atoms with E-state index in [-0.39, 0.29) is 12.0 Å². The maximum Gasteiger partial charge on any atom is 0.231 e. The summed E-state index contributed by atoms with van der Waals surface area (Å²) in [5.74, 6) is 2.16. The SMILES string of the molecule is CCOC(c1noc(C(C)C(C)NC)n1)C1CCCCC1. The molecule has 5 heteroatoms. The second kappa shape index (κ2) is 7.90. The Morgan fingerprint density at radius 3 is 2.62 bits per heavy atom. The zero-order chi connectivity index (χ0) is 15.2. The second-order valence-corrected chi connectivity index (χ2v) is 6.13. The van der Waals surface area contributed by atoms with Crippen LogP contribution in [-0.2, 0) is 4.74 Å². The fraction of sp³-hybridized carbons (Fsp3) is 0.875. The van der Waals surface area contributed by atoms with E-state index in [1.807, 2.05) is 14.0 Å². The van der Waals surface area contributed by atoms with Gasteiger partial charge in [0, 0.05) is 12.6 Å². The summed E-state index contributed by atoms with van der Waals surface area (Å²) in [7, 11) is 1.95. The van der Waals surface area contributed by atoms with Crippen LogP contribution in [0.3, 0.4) is 0 Å². The summed E-state index contributed by atoms with van der Waals surface area (Å²) >= 11 is 0. The first-order valence-corrected chi connectivity index (χ1v) is 8.29. The maximum atomic E-state index is 5.95. The third-order valence-electron chi connectivity index (χ3n) is 4.73. The summed E-state index contributed by atoms with van der Waals surface area (Å²) < 4.78 is 11.4. The van der Waals surface area contributed by atoms with Gasteiger partial charge in [0.15, 0.2) is 0 Å². The smallest absolute Gasteiger partial charge is 0.231 e. The molecule has 1 N–H and O–H groups in total. The van der Waals surface area contributed by atoms with Crippen LogP contribution in [0.15, 0.2) is 4.52 Å². The molecule has 1 aliphatic rings. The van der Waals surface area contributed by atoms with Gasteiger partial charge in [-0.15, -0.1) is 0 Å². The van der Waals surface area contributed by atoms with Gasteiger partial charge in [0.05, 0.1) is 5.92 Å². The average Bonchev–Trinajstić information content (AvgIpc) is 3.01. The number of rotatable bonds is 7. The molecule has 0 radical (unpaired) electrons. The van der Waals surface area contributed by atoms with Crippen molar-refractivity contribution in [2.75, 3.05) is 13.7 Å². The highest BCUT2D eigenvalue weighted by atomic mass is 16.5. The fourth-order valence-electron chi connectivity index (χ4n) is 3.05. The number of hydrogen-bond donors (Lipinski definition) is 1. The van der Waals surface area contributed by atoms with E-state index < -0.39 is 0 Å². The Bertz CT molecular complexity index is 415. The molecule has 1 aromatic heterocycles. The van der Waals surface area contributed by atoms with Gasteiger partial charge >= 0.3 is 0 Å². The van der Waals surface area contributed by atoms with Crippen molar-refractivity contribution in [3.05, 3.63) is 11.7 Å². The summed E-state index contributed by atoms with van der Waals surface area (Å²) in [5.41, 5.74) is 0. The largest absolute Gasteiger partial charge is 0.370 e. The monoisotopic (exact) mass is 295 g/mol. The van der Waals surface area contributed by atoms with Crippen LogP contribution < -0.4 is 5.32 Å². The minimum absolute atomic E-state index is 0.00936. The molecule has 1 fully saturated rings. The summed E-state index contributed by atoms with van der Waals surface area (Å²) in [5, 5.41) is 7.44. The zero-order valence-electron chi connectivity index (χ0n) is 13.8. The highest BCUT2D eigenvalue weighted by Gasteiger charge is 2.30. The highest BCUT2D eigenvalue weighted by Crippen LogP contribution is 2.36. The van der Waals surface area contributed by atoms with Crippen molar-refractivity contribution in [3.8, 4) is 0 Å². The number of nitrogens with zero attached hydrogens (tertiary/aromatic N) is 2. The van der Waals surface area contributed by atoms with Crippen molar-refractivity contribution < 1.29 is 9.26 Å². The summed E-state index contributed by atoms with van der Waals surface area (Å²) in [6, 6.07) is 0.304. The summed E-state index contributed by atoms with van der Waals surface area (Å²) in [6.45, 7) is 6.94. The van der Waals surface area contributed by atoms with E-state index in [4.69, 9.17) is 9.26 Å². The number of likely N-dealkylation sites (N-methyl/N-ethyl adjacent to an activating group) is 1. The van der Waals surface area contributed by atoms with Gasteiger partial charge in [-0.25, -0.2) is 0 Å². The van der Waals surface area contributed by atoms with Crippen molar-refractivity contribution in [1.82, 2.24) is 15.5 Å². The van der Waals surface area contributed by atoms with Gasteiger partial charge in [0.25, 0.3) is 0 Å². The lowest BCUT2D eigenvalue weighted by Gasteiger charge is -2.27. The van der Waals surface area contributed by atoms with E-state index in [1.165, 1.54) is 32.1 Å². The first-order chi connectivity index (χ1) is 10.2. The van der Waals surface area contributed by atoms with Gasteiger partial charge in [0.1, 0.15) is 6.10 Å². The lowest BCUT2D eigenvalue weighted by Crippen LogP contribution is -2.27. The van der Waals surface area contributed by atoms with Gasteiger partial charge < -0.3 is 14.6 Å². The van der Waals surface area contributed by atoms with Crippen molar-refractivity contribution in [3.63, 3.8) is 0 Å². The van der Waals surface area contributed by atoms with Gasteiger partial charge in [-0.05, 0) is 39.7 Å². The van der Waals surface area contributed by atoms with Crippen molar-refractivity contribution >= 4 is 0 Å². The lowest BCUT2D eigenvalue weighted by molar-refractivity contribution is -0.00145. The Hall–Kier alpha value is -0.940. The molecule has 0 saturated heterocycles. The quantitative estimate of drug-likeness (QED) is 0.835. The van der Waals surface area contributed by atoms with Crippen LogP contribution in [0.25, 0.3) is 0 Å². The van der Waals surface area contributed by atoms with Crippen LogP contribution in [-0.4, -0.2) is 29.8 Å². The molecule has 0 aliphatic heterocycles. The fourth-order valence-corrected chi connectivity index (χ4v) is 3.05. The maximum absolute atomic E-state index is 5.95. The predicted octanol–water partition coefficient (Wildman–Crippen LogP) is 3.44. The summed E-state index contributed by atoms with van der Waals surface area (Å²) in [4.78, 5) is 4.63. The number of ether oxygens (including phenoxy) is 1. The third-order valence-corrected chi connectivity index (χ3v) is 4.73. The number of nitrogens with one attached hydrogen (secondary N) is 1. The van der Waals surface area contributed by atoms with E-state index in [9.17, 15) is 0 Å². The average molecular weight is 295 g/mol. The van der Waals surface area contributed by atoms with Crippen molar-refractivity contribution in [1.29, 1.82) is 0 Å². The molecule has 0 amide bonds. The van der Waals surface area contributed by atoms with Gasteiger partial charge in [-0.2, -0.15) is 4.98 Å². The molecule has 1 heterocycles. The predicted molar refractivity (Wildman–Crippen MR) is 82.2 cm³/mol. The third kappa shape index (κ3) is 4.04. The molecule has 1 aliphatic carbocycles. The molecule has 2 rings (SSSR count). The zero-order valence-corrected chi connectivity index (χ0v) is 13.8. The molecule has 5 nitrogen and oxygen atoms in total. The molecule has 0 aromatic carbocycles. The molecule has 3 unspecified atom stereocenters. The molecule has 0 bridgehead atoms.